The fourth-order valence-electron chi connectivity index (χ4n) is 12.6. The number of carbonyl (C=O) groups excluding carboxylic acids is 2. The zero-order valence-electron chi connectivity index (χ0n) is 56.9. The van der Waals surface area contributed by atoms with Crippen LogP contribution in [0, 0.1) is 0 Å². The molecule has 3 rings (SSSR count). The maximum absolute atomic E-state index is 13.5. The molecule has 0 bridgehead atoms. The highest BCUT2D eigenvalue weighted by Crippen LogP contribution is 2.39. The Morgan fingerprint density at radius 1 is 0.559 bits per heavy atom. The molecule has 3 aliphatic heterocycles. The number of hydrogen-bond acceptors (Lipinski definition) is 20. The zero-order chi connectivity index (χ0) is 68.2. The number of amides is 2. The Kier molecular flexibility index (Phi) is 45.9. The maximum atomic E-state index is 13.5. The lowest BCUT2D eigenvalue weighted by molar-refractivity contribution is -0.386. The van der Waals surface area contributed by atoms with Gasteiger partial charge in [0.2, 0.25) is 11.8 Å². The molecule has 14 N–H and O–H groups in total. The molecule has 18 unspecified atom stereocenters. The molecule has 23 heteroatoms. The number of aliphatic hydroxyl groups is 11. The summed E-state index contributed by atoms with van der Waals surface area (Å²) in [6.45, 7) is 2.15. The maximum Gasteiger partial charge on any atom is 0.364 e. The topological polar surface area (TPSA) is 373 Å². The summed E-state index contributed by atoms with van der Waals surface area (Å²) in [6.07, 6.45) is 22.2. The van der Waals surface area contributed by atoms with Crippen molar-refractivity contribution < 1.29 is 104 Å². The molecule has 93 heavy (non-hydrogen) atoms. The summed E-state index contributed by atoms with van der Waals surface area (Å²) in [5.74, 6) is -6.14. The van der Waals surface area contributed by atoms with E-state index in [1.807, 2.05) is 6.08 Å². The van der Waals surface area contributed by atoms with Gasteiger partial charge in [0, 0.05) is 19.8 Å². The van der Waals surface area contributed by atoms with E-state index in [-0.39, 0.29) is 12.3 Å². The second-order valence-electron chi connectivity index (χ2n) is 26.4. The van der Waals surface area contributed by atoms with E-state index in [1.54, 1.807) is 6.08 Å². The van der Waals surface area contributed by atoms with Crippen LogP contribution in [-0.4, -0.2) is 215 Å². The summed E-state index contributed by atoms with van der Waals surface area (Å²) in [5.41, 5.74) is 0. The third-order valence-electron chi connectivity index (χ3n) is 18.4. The quantitative estimate of drug-likeness (QED) is 0.0211. The van der Waals surface area contributed by atoms with Gasteiger partial charge in [-0.25, -0.2) is 4.79 Å². The summed E-state index contributed by atoms with van der Waals surface area (Å²) >= 11 is 0. The fourth-order valence-corrected chi connectivity index (χ4v) is 12.6. The van der Waals surface area contributed by atoms with Crippen molar-refractivity contribution >= 4 is 17.8 Å². The lowest BCUT2D eigenvalue weighted by atomic mass is 9.88. The molecule has 3 fully saturated rings. The molecule has 0 aliphatic carbocycles. The van der Waals surface area contributed by atoms with Crippen molar-refractivity contribution in [3.05, 3.63) is 24.3 Å². The Labute approximate surface area is 555 Å². The van der Waals surface area contributed by atoms with Crippen LogP contribution in [0.1, 0.15) is 265 Å². The van der Waals surface area contributed by atoms with Crippen LogP contribution in [-0.2, 0) is 42.8 Å². The van der Waals surface area contributed by atoms with Gasteiger partial charge in [-0.2, -0.15) is 0 Å². The SMILES string of the molecule is CCCCCCCCCCCCCC/C=C\CCCCCCCCCC(=O)NC(COC1OC(CO)C(OC2OC(CO)C(O)C(OC3(C(=O)O)CC(O)C(NC(C)=O)C(C(O)C(O)CO)O3)C2O)C(O)C1O)C(O)/C=C/CCCCCCCCCCCCCCCC. The fraction of sp³-hybridized carbons (Fsp3) is 0.900. The number of hydrogen-bond donors (Lipinski definition) is 14. The molecule has 0 spiro atoms. The third kappa shape index (κ3) is 32.6. The predicted octanol–water partition coefficient (Wildman–Crippen LogP) is 7.23. The minimum absolute atomic E-state index is 0.196. The highest BCUT2D eigenvalue weighted by Gasteiger charge is 2.60. The first-order valence-corrected chi connectivity index (χ1v) is 36.2. The second-order valence-corrected chi connectivity index (χ2v) is 26.4. The summed E-state index contributed by atoms with van der Waals surface area (Å²) in [5, 5.41) is 136. The highest BCUT2D eigenvalue weighted by molar-refractivity contribution is 5.77. The normalized spacial score (nSPS) is 28.2. The molecular formula is C70H128N2O21. The minimum Gasteiger partial charge on any atom is -0.477 e. The van der Waals surface area contributed by atoms with Crippen LogP contribution >= 0.6 is 0 Å². The molecule has 3 heterocycles. The Hall–Kier alpha value is -2.79. The molecule has 23 nitrogen and oxygen atoms in total. The number of rotatable bonds is 55. The first kappa shape index (κ1) is 84.4. The number of aliphatic hydroxyl groups excluding tert-OH is 11. The van der Waals surface area contributed by atoms with Gasteiger partial charge < -0.3 is 100 Å². The van der Waals surface area contributed by atoms with Gasteiger partial charge in [0.15, 0.2) is 12.6 Å². The Morgan fingerprint density at radius 2 is 1.01 bits per heavy atom. The zero-order valence-corrected chi connectivity index (χ0v) is 56.9. The molecular weight excluding hydrogens is 1200 g/mol. The number of aliphatic carboxylic acids is 1. The van der Waals surface area contributed by atoms with Crippen LogP contribution in [0.15, 0.2) is 24.3 Å². The monoisotopic (exact) mass is 1330 g/mol. The Morgan fingerprint density at radius 3 is 1.46 bits per heavy atom. The number of carboxylic acids is 1. The van der Waals surface area contributed by atoms with Crippen molar-refractivity contribution in [2.75, 3.05) is 26.4 Å². The first-order valence-electron chi connectivity index (χ1n) is 36.2. The molecule has 3 saturated heterocycles. The largest absolute Gasteiger partial charge is 0.477 e. The van der Waals surface area contributed by atoms with E-state index in [9.17, 15) is 75.7 Å². The van der Waals surface area contributed by atoms with Gasteiger partial charge in [-0.1, -0.05) is 224 Å². The van der Waals surface area contributed by atoms with E-state index < -0.39 is 155 Å². The Bertz CT molecular complexity index is 1970. The van der Waals surface area contributed by atoms with Crippen LogP contribution in [0.5, 0.6) is 0 Å². The summed E-state index contributed by atoms with van der Waals surface area (Å²) < 4.78 is 34.8. The van der Waals surface area contributed by atoms with Crippen molar-refractivity contribution in [2.24, 2.45) is 0 Å². The number of allylic oxidation sites excluding steroid dienone is 3. The third-order valence-corrected chi connectivity index (χ3v) is 18.4. The van der Waals surface area contributed by atoms with Crippen molar-refractivity contribution in [1.29, 1.82) is 0 Å². The smallest absolute Gasteiger partial charge is 0.364 e. The van der Waals surface area contributed by atoms with E-state index in [2.05, 4.69) is 36.6 Å². The van der Waals surface area contributed by atoms with E-state index in [4.69, 9.17) is 28.4 Å². The lowest BCUT2D eigenvalue weighted by Gasteiger charge is -2.50. The predicted molar refractivity (Wildman–Crippen MR) is 352 cm³/mol. The van der Waals surface area contributed by atoms with Gasteiger partial charge in [0.25, 0.3) is 5.79 Å². The molecule has 2 amide bonds. The number of unbranched alkanes of at least 4 members (excludes halogenated alkanes) is 33. The molecule has 0 aromatic heterocycles. The first-order chi connectivity index (χ1) is 44.9. The standard InChI is InChI=1S/C70H128N2O21/c1-4-6-8-10-12-14-16-18-20-22-23-24-25-26-27-28-30-32-34-36-38-40-42-44-57(80)72-51(52(77)43-41-39-37-35-33-31-29-21-19-17-15-13-11-9-7-5-2)49-88-67-62(84)61(83)64(56(48-75)90-67)91-68-63(85)66(60(82)55(47-74)89-68)93-70(69(86)87)45-53(78)58(71-50(3)76)65(92-70)59(81)54(79)46-73/h26-27,41,43,51-56,58-68,73-75,77-79,81-85H,4-25,28-40,42,44-49H2,1-3H3,(H,71,76)(H,72,80)(H,86,87)/b27-26-,43-41+. The number of ether oxygens (including phenoxy) is 6. The van der Waals surface area contributed by atoms with E-state index in [0.717, 1.165) is 77.6 Å². The van der Waals surface area contributed by atoms with Crippen LogP contribution < -0.4 is 10.6 Å². The van der Waals surface area contributed by atoms with Crippen molar-refractivity contribution in [3.63, 3.8) is 0 Å². The van der Waals surface area contributed by atoms with Crippen molar-refractivity contribution in [2.45, 2.75) is 375 Å². The summed E-state index contributed by atoms with van der Waals surface area (Å²) in [7, 11) is 0. The van der Waals surface area contributed by atoms with Gasteiger partial charge in [0.1, 0.15) is 67.1 Å². The van der Waals surface area contributed by atoms with Gasteiger partial charge in [-0.3, -0.25) is 9.59 Å². The molecule has 18 atom stereocenters. The summed E-state index contributed by atoms with van der Waals surface area (Å²) in [4.78, 5) is 38.6. The highest BCUT2D eigenvalue weighted by atomic mass is 16.8. The van der Waals surface area contributed by atoms with Crippen LogP contribution in [0.3, 0.4) is 0 Å². The molecule has 544 valence electrons. The van der Waals surface area contributed by atoms with E-state index in [0.29, 0.717) is 12.8 Å². The van der Waals surface area contributed by atoms with E-state index in [1.165, 1.54) is 148 Å². The number of carboxylic acid groups (broad SMARTS) is 1. The van der Waals surface area contributed by atoms with Gasteiger partial charge in [0.05, 0.1) is 50.7 Å². The Balaban J connectivity index is 1.58. The lowest BCUT2D eigenvalue weighted by Crippen LogP contribution is -2.70. The second kappa shape index (κ2) is 50.5. The van der Waals surface area contributed by atoms with Crippen LogP contribution in [0.2, 0.25) is 0 Å². The minimum atomic E-state index is -3.08. The molecule has 0 radical (unpaired) electrons. The number of carbonyl (C=O) groups is 3. The number of nitrogens with one attached hydrogen (secondary N) is 2. The van der Waals surface area contributed by atoms with E-state index >= 15 is 0 Å². The molecule has 0 aromatic carbocycles. The molecule has 3 aliphatic rings. The van der Waals surface area contributed by atoms with Gasteiger partial charge in [-0.15, -0.1) is 0 Å². The average molecular weight is 1330 g/mol. The van der Waals surface area contributed by atoms with Crippen LogP contribution in [0.4, 0.5) is 0 Å². The molecule has 0 saturated carbocycles. The average Bonchev–Trinajstić information content (AvgIpc) is 0.787. The van der Waals surface area contributed by atoms with Gasteiger partial charge >= 0.3 is 5.97 Å². The van der Waals surface area contributed by atoms with Crippen molar-refractivity contribution in [1.82, 2.24) is 10.6 Å². The molecule has 0 aromatic rings. The van der Waals surface area contributed by atoms with Gasteiger partial charge in [-0.05, 0) is 44.9 Å². The summed E-state index contributed by atoms with van der Waals surface area (Å²) in [6, 6.07) is -2.62. The van der Waals surface area contributed by atoms with Crippen molar-refractivity contribution in [3.8, 4) is 0 Å². The van der Waals surface area contributed by atoms with Crippen LogP contribution in [0.25, 0.3) is 0 Å².